The number of rotatable bonds is 1. The summed E-state index contributed by atoms with van der Waals surface area (Å²) in [5.74, 6) is -1.00. The zero-order chi connectivity index (χ0) is 11.9. The Morgan fingerprint density at radius 3 is 2.69 bits per heavy atom. The number of pyridine rings is 2. The summed E-state index contributed by atoms with van der Waals surface area (Å²) < 4.78 is 0. The summed E-state index contributed by atoms with van der Waals surface area (Å²) in [5.41, 5.74) is 1.39. The quantitative estimate of drug-likeness (QED) is 0.754. The summed E-state index contributed by atoms with van der Waals surface area (Å²) in [6.45, 7) is 3.32. The van der Waals surface area contributed by atoms with Gasteiger partial charge in [-0.15, -0.1) is 0 Å². The first-order valence-electron chi connectivity index (χ1n) is 4.74. The summed E-state index contributed by atoms with van der Waals surface area (Å²) >= 11 is 0. The molecule has 0 saturated heterocycles. The molecule has 0 spiro atoms. The van der Waals surface area contributed by atoms with E-state index in [9.17, 15) is 9.59 Å². The van der Waals surface area contributed by atoms with Crippen LogP contribution in [-0.2, 0) is 0 Å². The van der Waals surface area contributed by atoms with E-state index in [4.69, 9.17) is 5.11 Å². The number of aryl methyl sites for hydroxylation is 2. The molecule has 82 valence electrons. The van der Waals surface area contributed by atoms with Gasteiger partial charge in [-0.2, -0.15) is 0 Å². The average Bonchev–Trinajstić information content (AvgIpc) is 2.15. The van der Waals surface area contributed by atoms with E-state index < -0.39 is 5.97 Å². The molecular weight excluding hydrogens is 208 g/mol. The lowest BCUT2D eigenvalue weighted by Gasteiger charge is -2.07. The SMILES string of the molecule is Cc1nc2[nH]c(=O)ccc2c(C)c1C(=O)O. The maximum absolute atomic E-state index is 11.1. The van der Waals surface area contributed by atoms with E-state index in [-0.39, 0.29) is 11.1 Å². The van der Waals surface area contributed by atoms with E-state index >= 15 is 0 Å². The molecular formula is C11H10N2O3. The Morgan fingerprint density at radius 1 is 1.38 bits per heavy atom. The van der Waals surface area contributed by atoms with Crippen LogP contribution < -0.4 is 5.56 Å². The van der Waals surface area contributed by atoms with Crippen LogP contribution in [0.1, 0.15) is 21.6 Å². The van der Waals surface area contributed by atoms with E-state index in [0.29, 0.717) is 22.3 Å². The number of carbonyl (C=O) groups is 1. The first kappa shape index (κ1) is 10.4. The summed E-state index contributed by atoms with van der Waals surface area (Å²) in [4.78, 5) is 28.8. The number of aromatic amines is 1. The molecule has 5 heteroatoms. The molecule has 5 nitrogen and oxygen atoms in total. The molecule has 2 heterocycles. The van der Waals surface area contributed by atoms with Gasteiger partial charge >= 0.3 is 5.97 Å². The molecule has 2 aromatic heterocycles. The van der Waals surface area contributed by atoms with Crippen molar-refractivity contribution >= 4 is 17.0 Å². The second-order valence-electron chi connectivity index (χ2n) is 3.59. The lowest BCUT2D eigenvalue weighted by atomic mass is 10.0. The summed E-state index contributed by atoms with van der Waals surface area (Å²) in [6, 6.07) is 2.94. The minimum atomic E-state index is -1.00. The van der Waals surface area contributed by atoms with E-state index in [1.165, 1.54) is 6.07 Å². The number of nitrogens with one attached hydrogen (secondary N) is 1. The number of nitrogens with zero attached hydrogens (tertiary/aromatic N) is 1. The molecule has 0 amide bonds. The Balaban J connectivity index is 2.94. The molecule has 0 fully saturated rings. The minimum Gasteiger partial charge on any atom is -0.478 e. The largest absolute Gasteiger partial charge is 0.478 e. The molecule has 0 aliphatic rings. The van der Waals surface area contributed by atoms with E-state index in [0.717, 1.165) is 0 Å². The lowest BCUT2D eigenvalue weighted by Crippen LogP contribution is -2.10. The second-order valence-corrected chi connectivity index (χ2v) is 3.59. The molecule has 2 N–H and O–H groups in total. The molecule has 16 heavy (non-hydrogen) atoms. The monoisotopic (exact) mass is 218 g/mol. The first-order chi connectivity index (χ1) is 7.50. The van der Waals surface area contributed by atoms with Crippen molar-refractivity contribution in [3.63, 3.8) is 0 Å². The maximum Gasteiger partial charge on any atom is 0.337 e. The third kappa shape index (κ3) is 1.46. The standard InChI is InChI=1S/C11H10N2O3/c1-5-7-3-4-8(14)13-10(7)12-6(2)9(5)11(15)16/h3-4H,1-2H3,(H,15,16)(H,12,13,14). The van der Waals surface area contributed by atoms with Crippen molar-refractivity contribution in [2.75, 3.05) is 0 Å². The average molecular weight is 218 g/mol. The van der Waals surface area contributed by atoms with Crippen molar-refractivity contribution in [3.05, 3.63) is 39.3 Å². The molecule has 2 rings (SSSR count). The van der Waals surface area contributed by atoms with Gasteiger partial charge in [0.15, 0.2) is 0 Å². The fourth-order valence-electron chi connectivity index (χ4n) is 1.80. The van der Waals surface area contributed by atoms with Crippen LogP contribution in [0.3, 0.4) is 0 Å². The Labute approximate surface area is 90.8 Å². The van der Waals surface area contributed by atoms with Crippen LogP contribution in [0.4, 0.5) is 0 Å². The van der Waals surface area contributed by atoms with Crippen LogP contribution in [0.5, 0.6) is 0 Å². The Kier molecular flexibility index (Phi) is 2.23. The number of hydrogen-bond donors (Lipinski definition) is 2. The molecule has 2 aromatic rings. The molecule has 0 unspecified atom stereocenters. The van der Waals surface area contributed by atoms with Crippen molar-refractivity contribution in [2.24, 2.45) is 0 Å². The fraction of sp³-hybridized carbons (Fsp3) is 0.182. The Bertz CT molecular complexity index is 643. The van der Waals surface area contributed by atoms with Crippen LogP contribution in [0.25, 0.3) is 11.0 Å². The van der Waals surface area contributed by atoms with Gasteiger partial charge in [-0.3, -0.25) is 4.79 Å². The Morgan fingerprint density at radius 2 is 2.06 bits per heavy atom. The summed E-state index contributed by atoms with van der Waals surface area (Å²) in [6.07, 6.45) is 0. The highest BCUT2D eigenvalue weighted by atomic mass is 16.4. The topological polar surface area (TPSA) is 83.0 Å². The second kappa shape index (κ2) is 3.44. The van der Waals surface area contributed by atoms with Crippen molar-refractivity contribution in [3.8, 4) is 0 Å². The van der Waals surface area contributed by atoms with Gasteiger partial charge in [0, 0.05) is 11.5 Å². The van der Waals surface area contributed by atoms with Crippen molar-refractivity contribution in [1.29, 1.82) is 0 Å². The third-order valence-corrected chi connectivity index (χ3v) is 2.53. The minimum absolute atomic E-state index is 0.194. The zero-order valence-corrected chi connectivity index (χ0v) is 8.87. The number of aromatic carboxylic acids is 1. The molecule has 0 saturated carbocycles. The number of H-pyrrole nitrogens is 1. The highest BCUT2D eigenvalue weighted by Gasteiger charge is 2.15. The summed E-state index contributed by atoms with van der Waals surface area (Å²) in [5, 5.41) is 9.70. The number of carboxylic acids is 1. The molecule has 0 aliphatic heterocycles. The van der Waals surface area contributed by atoms with Crippen LogP contribution in [0.2, 0.25) is 0 Å². The van der Waals surface area contributed by atoms with Crippen molar-refractivity contribution in [2.45, 2.75) is 13.8 Å². The van der Waals surface area contributed by atoms with Gasteiger partial charge in [0.1, 0.15) is 5.65 Å². The van der Waals surface area contributed by atoms with E-state index in [1.54, 1.807) is 19.9 Å². The number of hydrogen-bond acceptors (Lipinski definition) is 3. The molecule has 0 radical (unpaired) electrons. The van der Waals surface area contributed by atoms with Crippen molar-refractivity contribution < 1.29 is 9.90 Å². The van der Waals surface area contributed by atoms with Crippen LogP contribution in [0.15, 0.2) is 16.9 Å². The van der Waals surface area contributed by atoms with Gasteiger partial charge < -0.3 is 10.1 Å². The summed E-state index contributed by atoms with van der Waals surface area (Å²) in [7, 11) is 0. The molecule has 0 atom stereocenters. The predicted octanol–water partition coefficient (Wildman–Crippen LogP) is 1.24. The normalized spacial score (nSPS) is 10.6. The highest BCUT2D eigenvalue weighted by Crippen LogP contribution is 2.20. The number of aromatic nitrogens is 2. The van der Waals surface area contributed by atoms with Gasteiger partial charge in [0.05, 0.1) is 11.3 Å². The molecule has 0 aliphatic carbocycles. The predicted molar refractivity (Wildman–Crippen MR) is 58.8 cm³/mol. The van der Waals surface area contributed by atoms with Gasteiger partial charge in [-0.05, 0) is 25.5 Å². The molecule has 0 bridgehead atoms. The zero-order valence-electron chi connectivity index (χ0n) is 8.87. The number of fused-ring (bicyclic) bond motifs is 1. The van der Waals surface area contributed by atoms with Crippen LogP contribution in [-0.4, -0.2) is 21.0 Å². The van der Waals surface area contributed by atoms with Crippen LogP contribution in [0, 0.1) is 13.8 Å². The fourth-order valence-corrected chi connectivity index (χ4v) is 1.80. The van der Waals surface area contributed by atoms with E-state index in [2.05, 4.69) is 9.97 Å². The third-order valence-electron chi connectivity index (χ3n) is 2.53. The first-order valence-corrected chi connectivity index (χ1v) is 4.74. The van der Waals surface area contributed by atoms with Gasteiger partial charge in [0.2, 0.25) is 5.56 Å². The lowest BCUT2D eigenvalue weighted by molar-refractivity contribution is 0.0695. The van der Waals surface area contributed by atoms with Gasteiger partial charge in [0.25, 0.3) is 0 Å². The van der Waals surface area contributed by atoms with Crippen LogP contribution >= 0.6 is 0 Å². The van der Waals surface area contributed by atoms with Gasteiger partial charge in [-0.25, -0.2) is 9.78 Å². The van der Waals surface area contributed by atoms with Gasteiger partial charge in [-0.1, -0.05) is 0 Å². The Hall–Kier alpha value is -2.17. The highest BCUT2D eigenvalue weighted by molar-refractivity contribution is 5.96. The number of carboxylic acid groups (broad SMARTS) is 1. The maximum atomic E-state index is 11.1. The smallest absolute Gasteiger partial charge is 0.337 e. The molecule has 0 aromatic carbocycles. The van der Waals surface area contributed by atoms with Crippen molar-refractivity contribution in [1.82, 2.24) is 9.97 Å². The van der Waals surface area contributed by atoms with E-state index in [1.807, 2.05) is 0 Å².